The van der Waals surface area contributed by atoms with Gasteiger partial charge in [-0.25, -0.2) is 4.79 Å². The van der Waals surface area contributed by atoms with E-state index >= 15 is 0 Å². The van der Waals surface area contributed by atoms with Crippen molar-refractivity contribution < 1.29 is 9.53 Å². The molecule has 1 fully saturated rings. The van der Waals surface area contributed by atoms with Crippen LogP contribution in [0.4, 0.5) is 4.79 Å². The van der Waals surface area contributed by atoms with Crippen molar-refractivity contribution in [2.45, 2.75) is 31.8 Å². The molecule has 0 spiro atoms. The number of likely N-dealkylation sites (tertiary alicyclic amines) is 1. The molecule has 5 heteroatoms. The molecule has 0 aromatic heterocycles. The number of urea groups is 1. The molecule has 0 bridgehead atoms. The van der Waals surface area contributed by atoms with Gasteiger partial charge in [0.25, 0.3) is 0 Å². The second-order valence-corrected chi connectivity index (χ2v) is 7.22. The first kappa shape index (κ1) is 18.5. The van der Waals surface area contributed by atoms with E-state index in [9.17, 15) is 4.79 Å². The zero-order chi connectivity index (χ0) is 18.7. The first-order valence-electron chi connectivity index (χ1n) is 9.28. The van der Waals surface area contributed by atoms with Gasteiger partial charge in [0.15, 0.2) is 0 Å². The minimum absolute atomic E-state index is 0.00745. The predicted molar refractivity (Wildman–Crippen MR) is 106 cm³/mol. The zero-order valence-electron chi connectivity index (χ0n) is 16.2. The highest BCUT2D eigenvalue weighted by atomic mass is 16.5. The average Bonchev–Trinajstić information content (AvgIpc) is 2.67. The number of rotatable bonds is 4. The number of nitrogens with zero attached hydrogens (tertiary/aromatic N) is 2. The molecule has 3 rings (SSSR count). The summed E-state index contributed by atoms with van der Waals surface area (Å²) in [7, 11) is 5.72. The molecule has 5 nitrogen and oxygen atoms in total. The van der Waals surface area contributed by atoms with Crippen LogP contribution < -0.4 is 10.1 Å². The first-order valence-corrected chi connectivity index (χ1v) is 9.28. The van der Waals surface area contributed by atoms with Crippen molar-refractivity contribution in [1.82, 2.24) is 15.1 Å². The molecule has 1 atom stereocenters. The molecule has 1 unspecified atom stereocenters. The number of carbonyl (C=O) groups is 1. The number of methoxy groups -OCH3 is 1. The summed E-state index contributed by atoms with van der Waals surface area (Å²) < 4.78 is 5.47. The smallest absolute Gasteiger partial charge is 0.317 e. The molecule has 1 heterocycles. The number of ether oxygens (including phenoxy) is 1. The van der Waals surface area contributed by atoms with E-state index in [0.29, 0.717) is 6.04 Å². The van der Waals surface area contributed by atoms with Crippen LogP contribution >= 0.6 is 0 Å². The average molecular weight is 355 g/mol. The zero-order valence-corrected chi connectivity index (χ0v) is 16.2. The molecule has 1 aliphatic rings. The van der Waals surface area contributed by atoms with Crippen LogP contribution in [0.25, 0.3) is 10.8 Å². The summed E-state index contributed by atoms with van der Waals surface area (Å²) in [4.78, 5) is 16.9. The highest BCUT2D eigenvalue weighted by Gasteiger charge is 2.25. The molecule has 1 saturated heterocycles. The lowest BCUT2D eigenvalue weighted by Gasteiger charge is -2.35. The van der Waals surface area contributed by atoms with Crippen molar-refractivity contribution in [3.8, 4) is 5.75 Å². The van der Waals surface area contributed by atoms with Gasteiger partial charge in [0, 0.05) is 18.5 Å². The molecule has 0 aliphatic carbocycles. The first-order chi connectivity index (χ1) is 12.5. The maximum absolute atomic E-state index is 12.7. The second-order valence-electron chi connectivity index (χ2n) is 7.22. The van der Waals surface area contributed by atoms with Gasteiger partial charge in [0.1, 0.15) is 5.75 Å². The van der Waals surface area contributed by atoms with Gasteiger partial charge in [-0.1, -0.05) is 30.3 Å². The Labute approximate surface area is 155 Å². The van der Waals surface area contributed by atoms with E-state index in [-0.39, 0.29) is 12.1 Å². The van der Waals surface area contributed by atoms with Crippen LogP contribution in [0.5, 0.6) is 5.75 Å². The summed E-state index contributed by atoms with van der Waals surface area (Å²) in [5, 5.41) is 5.35. The van der Waals surface area contributed by atoms with Crippen LogP contribution in [0.2, 0.25) is 0 Å². The topological polar surface area (TPSA) is 44.8 Å². The Hall–Kier alpha value is -2.27. The molecule has 1 aliphatic heterocycles. The molecular formula is C21H29N3O2. The highest BCUT2D eigenvalue weighted by molar-refractivity contribution is 5.91. The maximum atomic E-state index is 12.7. The third kappa shape index (κ3) is 3.78. The van der Waals surface area contributed by atoms with Gasteiger partial charge in [-0.3, -0.25) is 0 Å². The molecule has 1 N–H and O–H groups in total. The predicted octanol–water partition coefficient (Wildman–Crippen LogP) is 3.65. The number of fused-ring (bicyclic) bond motifs is 1. The number of hydrogen-bond donors (Lipinski definition) is 1. The summed E-state index contributed by atoms with van der Waals surface area (Å²) in [6.07, 6.45) is 2.06. The van der Waals surface area contributed by atoms with Gasteiger partial charge in [0.2, 0.25) is 0 Å². The lowest BCUT2D eigenvalue weighted by atomic mass is 9.99. The maximum Gasteiger partial charge on any atom is 0.317 e. The van der Waals surface area contributed by atoms with Crippen molar-refractivity contribution in [2.75, 3.05) is 34.3 Å². The largest absolute Gasteiger partial charge is 0.496 e. The van der Waals surface area contributed by atoms with Crippen molar-refractivity contribution in [2.24, 2.45) is 0 Å². The van der Waals surface area contributed by atoms with Gasteiger partial charge in [-0.05, 0) is 56.9 Å². The van der Waals surface area contributed by atoms with Crippen LogP contribution in [0.15, 0.2) is 36.4 Å². The number of piperidine rings is 1. The third-order valence-corrected chi connectivity index (χ3v) is 5.50. The quantitative estimate of drug-likeness (QED) is 0.911. The third-order valence-electron chi connectivity index (χ3n) is 5.50. The van der Waals surface area contributed by atoms with Gasteiger partial charge in [-0.15, -0.1) is 0 Å². The van der Waals surface area contributed by atoms with E-state index in [2.05, 4.69) is 29.4 Å². The number of hydrogen-bond acceptors (Lipinski definition) is 3. The van der Waals surface area contributed by atoms with Crippen molar-refractivity contribution in [3.63, 3.8) is 0 Å². The van der Waals surface area contributed by atoms with Crippen LogP contribution in [0, 0.1) is 0 Å². The van der Waals surface area contributed by atoms with Crippen LogP contribution in [0.3, 0.4) is 0 Å². The van der Waals surface area contributed by atoms with Crippen molar-refractivity contribution in [3.05, 3.63) is 42.0 Å². The minimum Gasteiger partial charge on any atom is -0.496 e. The van der Waals surface area contributed by atoms with Crippen molar-refractivity contribution >= 4 is 16.8 Å². The number of nitrogens with one attached hydrogen (secondary N) is 1. The fraction of sp³-hybridized carbons (Fsp3) is 0.476. The molecule has 140 valence electrons. The molecular weight excluding hydrogens is 326 g/mol. The Morgan fingerprint density at radius 3 is 2.50 bits per heavy atom. The van der Waals surface area contributed by atoms with Gasteiger partial charge in [0.05, 0.1) is 13.2 Å². The fourth-order valence-electron chi connectivity index (χ4n) is 3.76. The van der Waals surface area contributed by atoms with E-state index in [0.717, 1.165) is 48.0 Å². The Morgan fingerprint density at radius 1 is 1.19 bits per heavy atom. The van der Waals surface area contributed by atoms with Crippen molar-refractivity contribution in [1.29, 1.82) is 0 Å². The van der Waals surface area contributed by atoms with Crippen LogP contribution in [-0.4, -0.2) is 56.2 Å². The highest BCUT2D eigenvalue weighted by Crippen LogP contribution is 2.31. The minimum atomic E-state index is -0.0768. The van der Waals surface area contributed by atoms with Gasteiger partial charge >= 0.3 is 6.03 Å². The number of carbonyl (C=O) groups excluding carboxylic acids is 1. The summed E-state index contributed by atoms with van der Waals surface area (Å²) in [5.74, 6) is 0.853. The summed E-state index contributed by atoms with van der Waals surface area (Å²) >= 11 is 0. The van der Waals surface area contributed by atoms with Gasteiger partial charge < -0.3 is 19.9 Å². The molecule has 0 radical (unpaired) electrons. The number of benzene rings is 2. The van der Waals surface area contributed by atoms with Crippen LogP contribution in [-0.2, 0) is 0 Å². The molecule has 0 saturated carbocycles. The Kier molecular flexibility index (Phi) is 5.67. The van der Waals surface area contributed by atoms with E-state index in [1.54, 1.807) is 7.11 Å². The molecule has 2 aromatic carbocycles. The van der Waals surface area contributed by atoms with Crippen LogP contribution in [0.1, 0.15) is 31.4 Å². The normalized spacial score (nSPS) is 17.1. The van der Waals surface area contributed by atoms with E-state index < -0.39 is 0 Å². The second kappa shape index (κ2) is 7.96. The van der Waals surface area contributed by atoms with E-state index in [1.807, 2.05) is 43.1 Å². The summed E-state index contributed by atoms with van der Waals surface area (Å²) in [5.41, 5.74) is 1.10. The Balaban J connectivity index is 1.74. The lowest BCUT2D eigenvalue weighted by molar-refractivity contribution is 0.146. The summed E-state index contributed by atoms with van der Waals surface area (Å²) in [6, 6.07) is 12.4. The molecule has 2 aromatic rings. The molecule has 2 amide bonds. The van der Waals surface area contributed by atoms with E-state index in [4.69, 9.17) is 4.74 Å². The van der Waals surface area contributed by atoms with E-state index in [1.165, 1.54) is 0 Å². The Bertz CT molecular complexity index is 769. The summed E-state index contributed by atoms with van der Waals surface area (Å²) in [6.45, 7) is 4.12. The SMILES string of the molecule is COc1ccc(C(C)NC(=O)N(C)C2CCN(C)CC2)c2ccccc12. The Morgan fingerprint density at radius 2 is 1.85 bits per heavy atom. The van der Waals surface area contributed by atoms with Gasteiger partial charge in [-0.2, -0.15) is 0 Å². The standard InChI is InChI=1S/C21H29N3O2/c1-15(22-21(25)24(3)16-11-13-23(2)14-12-16)17-9-10-20(26-4)19-8-6-5-7-18(17)19/h5-10,15-16H,11-14H2,1-4H3,(H,22,25). The fourth-order valence-corrected chi connectivity index (χ4v) is 3.76. The number of amides is 2. The monoisotopic (exact) mass is 355 g/mol. The molecule has 26 heavy (non-hydrogen) atoms. The lowest BCUT2D eigenvalue weighted by Crippen LogP contribution is -2.48.